The third kappa shape index (κ3) is 1.82. The molecular weight excluding hydrogens is 272 g/mol. The molecule has 0 saturated heterocycles. The minimum absolute atomic E-state index is 0.284. The third-order valence-corrected chi connectivity index (χ3v) is 3.69. The summed E-state index contributed by atoms with van der Waals surface area (Å²) in [7, 11) is 3.21. The maximum Gasteiger partial charge on any atom is 0.175 e. The smallest absolute Gasteiger partial charge is 0.175 e. The number of methoxy groups -OCH3 is 2. The number of ether oxygens (including phenoxy) is 2. The van der Waals surface area contributed by atoms with Crippen molar-refractivity contribution in [2.75, 3.05) is 14.2 Å². The number of carbonyl (C=O) groups is 1. The molecular formula is C12H13BrO3. The van der Waals surface area contributed by atoms with Crippen molar-refractivity contribution in [3.63, 3.8) is 0 Å². The number of benzene rings is 1. The van der Waals surface area contributed by atoms with Crippen LogP contribution in [0.5, 0.6) is 11.5 Å². The van der Waals surface area contributed by atoms with E-state index in [0.717, 1.165) is 22.0 Å². The highest BCUT2D eigenvalue weighted by Gasteiger charge is 2.23. The van der Waals surface area contributed by atoms with Gasteiger partial charge in [0.25, 0.3) is 0 Å². The number of fused-ring (bicyclic) bond motifs is 1. The lowest BCUT2D eigenvalue weighted by molar-refractivity contribution is -0.118. The highest BCUT2D eigenvalue weighted by molar-refractivity contribution is 9.10. The van der Waals surface area contributed by atoms with Gasteiger partial charge >= 0.3 is 0 Å². The zero-order valence-corrected chi connectivity index (χ0v) is 10.9. The van der Waals surface area contributed by atoms with Crippen LogP contribution in [0.4, 0.5) is 0 Å². The van der Waals surface area contributed by atoms with E-state index < -0.39 is 0 Å². The van der Waals surface area contributed by atoms with Gasteiger partial charge in [0, 0.05) is 12.8 Å². The van der Waals surface area contributed by atoms with Crippen molar-refractivity contribution in [2.45, 2.75) is 19.3 Å². The molecule has 0 spiro atoms. The fraction of sp³-hybridized carbons (Fsp3) is 0.417. The summed E-state index contributed by atoms with van der Waals surface area (Å²) >= 11 is 3.52. The van der Waals surface area contributed by atoms with Gasteiger partial charge in [-0.2, -0.15) is 0 Å². The van der Waals surface area contributed by atoms with Crippen LogP contribution in [0, 0.1) is 0 Å². The van der Waals surface area contributed by atoms with Gasteiger partial charge in [-0.3, -0.25) is 4.79 Å². The average molecular weight is 285 g/mol. The molecule has 4 heteroatoms. The van der Waals surface area contributed by atoms with E-state index in [1.807, 2.05) is 6.07 Å². The van der Waals surface area contributed by atoms with E-state index in [9.17, 15) is 4.79 Å². The Morgan fingerprint density at radius 1 is 1.25 bits per heavy atom. The van der Waals surface area contributed by atoms with Gasteiger partial charge in [-0.1, -0.05) is 0 Å². The minimum Gasteiger partial charge on any atom is -0.493 e. The van der Waals surface area contributed by atoms with Gasteiger partial charge in [-0.25, -0.2) is 0 Å². The molecule has 0 N–H and O–H groups in total. The van der Waals surface area contributed by atoms with Gasteiger partial charge in [0.05, 0.1) is 18.7 Å². The van der Waals surface area contributed by atoms with Gasteiger partial charge < -0.3 is 9.47 Å². The fourth-order valence-corrected chi connectivity index (χ4v) is 2.84. The molecule has 0 unspecified atom stereocenters. The van der Waals surface area contributed by atoms with E-state index in [1.165, 1.54) is 0 Å². The van der Waals surface area contributed by atoms with Crippen LogP contribution in [0.3, 0.4) is 0 Å². The Balaban J connectivity index is 2.57. The van der Waals surface area contributed by atoms with E-state index in [2.05, 4.69) is 15.9 Å². The zero-order valence-electron chi connectivity index (χ0n) is 9.30. The largest absolute Gasteiger partial charge is 0.493 e. The molecule has 86 valence electrons. The lowest BCUT2D eigenvalue weighted by Gasteiger charge is -2.20. The molecule has 0 heterocycles. The molecule has 0 saturated carbocycles. The summed E-state index contributed by atoms with van der Waals surface area (Å²) in [4.78, 5) is 11.4. The number of ketones is 1. The first kappa shape index (κ1) is 11.5. The lowest BCUT2D eigenvalue weighted by atomic mass is 9.90. The van der Waals surface area contributed by atoms with Crippen molar-refractivity contribution in [3.8, 4) is 11.5 Å². The van der Waals surface area contributed by atoms with Gasteiger partial charge in [0.1, 0.15) is 5.78 Å². The van der Waals surface area contributed by atoms with Crippen LogP contribution in [0.25, 0.3) is 0 Å². The van der Waals surface area contributed by atoms with Crippen molar-refractivity contribution in [1.82, 2.24) is 0 Å². The van der Waals surface area contributed by atoms with Gasteiger partial charge in [-0.05, 0) is 39.5 Å². The quantitative estimate of drug-likeness (QED) is 0.837. The Labute approximate surface area is 103 Å². The number of carbonyl (C=O) groups excluding carboxylic acids is 1. The number of hydrogen-bond donors (Lipinski definition) is 0. The van der Waals surface area contributed by atoms with Crippen molar-refractivity contribution in [2.24, 2.45) is 0 Å². The summed E-state index contributed by atoms with van der Waals surface area (Å²) in [6.07, 6.45) is 1.88. The molecule has 0 radical (unpaired) electrons. The topological polar surface area (TPSA) is 35.5 Å². The fourth-order valence-electron chi connectivity index (χ4n) is 2.03. The van der Waals surface area contributed by atoms with Crippen molar-refractivity contribution in [1.29, 1.82) is 0 Å². The predicted octanol–water partition coefficient (Wildman–Crippen LogP) is 2.52. The monoisotopic (exact) mass is 284 g/mol. The van der Waals surface area contributed by atoms with Crippen LogP contribution in [0.15, 0.2) is 10.5 Å². The summed E-state index contributed by atoms with van der Waals surface area (Å²) in [6, 6.07) is 1.90. The molecule has 1 aromatic carbocycles. The van der Waals surface area contributed by atoms with Crippen LogP contribution in [0.1, 0.15) is 17.5 Å². The Morgan fingerprint density at radius 3 is 2.62 bits per heavy atom. The van der Waals surface area contributed by atoms with Crippen LogP contribution in [0.2, 0.25) is 0 Å². The summed E-state index contributed by atoms with van der Waals surface area (Å²) in [6.45, 7) is 0. The Bertz CT molecular complexity index is 440. The van der Waals surface area contributed by atoms with Crippen LogP contribution < -0.4 is 9.47 Å². The van der Waals surface area contributed by atoms with Gasteiger partial charge in [0.15, 0.2) is 11.5 Å². The third-order valence-electron chi connectivity index (χ3n) is 2.85. The number of hydrogen-bond acceptors (Lipinski definition) is 3. The molecule has 0 bridgehead atoms. The Morgan fingerprint density at radius 2 is 2.00 bits per heavy atom. The van der Waals surface area contributed by atoms with Crippen molar-refractivity contribution < 1.29 is 14.3 Å². The van der Waals surface area contributed by atoms with E-state index in [1.54, 1.807) is 14.2 Å². The maximum absolute atomic E-state index is 11.4. The molecule has 0 atom stereocenters. The SMILES string of the molecule is COc1cc2c(c(Br)c1OC)CCC(=O)C2. The molecule has 1 aromatic rings. The van der Waals surface area contributed by atoms with E-state index in [4.69, 9.17) is 9.47 Å². The first-order valence-corrected chi connectivity index (χ1v) is 5.90. The van der Waals surface area contributed by atoms with E-state index in [-0.39, 0.29) is 5.78 Å². The van der Waals surface area contributed by atoms with Crippen LogP contribution >= 0.6 is 15.9 Å². The molecule has 2 rings (SSSR count). The summed E-state index contributed by atoms with van der Waals surface area (Å²) in [5, 5.41) is 0. The molecule has 0 aliphatic heterocycles. The first-order valence-electron chi connectivity index (χ1n) is 5.11. The number of Topliss-reactive ketones (excluding diaryl/α,β-unsaturated/α-hetero) is 1. The van der Waals surface area contributed by atoms with Crippen molar-refractivity contribution >= 4 is 21.7 Å². The van der Waals surface area contributed by atoms with E-state index >= 15 is 0 Å². The second-order valence-electron chi connectivity index (χ2n) is 3.78. The highest BCUT2D eigenvalue weighted by Crippen LogP contribution is 2.41. The summed E-state index contributed by atoms with van der Waals surface area (Å²) in [5.74, 6) is 1.66. The number of rotatable bonds is 2. The molecule has 0 fully saturated rings. The molecule has 0 aromatic heterocycles. The molecule has 1 aliphatic rings. The highest BCUT2D eigenvalue weighted by atomic mass is 79.9. The molecule has 3 nitrogen and oxygen atoms in total. The Kier molecular flexibility index (Phi) is 3.19. The second-order valence-corrected chi connectivity index (χ2v) is 4.57. The van der Waals surface area contributed by atoms with E-state index in [0.29, 0.717) is 24.3 Å². The number of halogens is 1. The van der Waals surface area contributed by atoms with Crippen LogP contribution in [-0.4, -0.2) is 20.0 Å². The standard InChI is InChI=1S/C12H13BrO3/c1-15-10-6-7-5-8(14)3-4-9(7)11(13)12(10)16-2/h6H,3-5H2,1-2H3. The van der Waals surface area contributed by atoms with Gasteiger partial charge in [0.2, 0.25) is 0 Å². The first-order chi connectivity index (χ1) is 7.67. The van der Waals surface area contributed by atoms with Crippen molar-refractivity contribution in [3.05, 3.63) is 21.7 Å². The molecule has 1 aliphatic carbocycles. The maximum atomic E-state index is 11.4. The Hall–Kier alpha value is -1.03. The lowest BCUT2D eigenvalue weighted by Crippen LogP contribution is -2.14. The normalized spacial score (nSPS) is 14.6. The minimum atomic E-state index is 0.284. The van der Waals surface area contributed by atoms with Crippen LogP contribution in [-0.2, 0) is 17.6 Å². The average Bonchev–Trinajstić information content (AvgIpc) is 2.28. The zero-order chi connectivity index (χ0) is 11.7. The molecule has 16 heavy (non-hydrogen) atoms. The molecule has 0 amide bonds. The van der Waals surface area contributed by atoms with Gasteiger partial charge in [-0.15, -0.1) is 0 Å². The summed E-state index contributed by atoms with van der Waals surface area (Å²) in [5.41, 5.74) is 2.21. The second kappa shape index (κ2) is 4.45. The predicted molar refractivity (Wildman–Crippen MR) is 64.3 cm³/mol. The summed E-state index contributed by atoms with van der Waals surface area (Å²) < 4.78 is 11.5.